The van der Waals surface area contributed by atoms with Crippen LogP contribution in [0, 0.1) is 0 Å². The van der Waals surface area contributed by atoms with Gasteiger partial charge in [-0.1, -0.05) is 0 Å². The van der Waals surface area contributed by atoms with Crippen molar-refractivity contribution >= 4 is 0 Å². The number of hydrogen-bond donors (Lipinski definition) is 1. The van der Waals surface area contributed by atoms with Crippen LogP contribution in [0.2, 0.25) is 0 Å². The van der Waals surface area contributed by atoms with Crippen LogP contribution in [0.4, 0.5) is 0 Å². The lowest BCUT2D eigenvalue weighted by Gasteiger charge is -2.09. The molecular formula is C12H14N2O2. The van der Waals surface area contributed by atoms with Gasteiger partial charge >= 0.3 is 0 Å². The first-order valence-electron chi connectivity index (χ1n) is 5.13. The van der Waals surface area contributed by atoms with E-state index in [0.29, 0.717) is 6.61 Å². The van der Waals surface area contributed by atoms with Crippen LogP contribution in [0.25, 0.3) is 0 Å². The van der Waals surface area contributed by atoms with Crippen molar-refractivity contribution in [3.63, 3.8) is 0 Å². The van der Waals surface area contributed by atoms with Crippen molar-refractivity contribution in [2.75, 3.05) is 7.05 Å². The smallest absolute Gasteiger partial charge is 0.146 e. The van der Waals surface area contributed by atoms with Gasteiger partial charge in [-0.3, -0.25) is 4.98 Å². The minimum absolute atomic E-state index is 0.438. The van der Waals surface area contributed by atoms with Gasteiger partial charge < -0.3 is 14.5 Å². The number of rotatable bonds is 5. The summed E-state index contributed by atoms with van der Waals surface area (Å²) in [4.78, 5) is 4.07. The maximum atomic E-state index is 5.66. The van der Waals surface area contributed by atoms with Crippen LogP contribution in [0.5, 0.6) is 5.75 Å². The highest BCUT2D eigenvalue weighted by Crippen LogP contribution is 2.17. The third-order valence-electron chi connectivity index (χ3n) is 2.18. The van der Waals surface area contributed by atoms with E-state index < -0.39 is 0 Å². The molecule has 0 aliphatic rings. The number of ether oxygens (including phenoxy) is 1. The van der Waals surface area contributed by atoms with E-state index >= 15 is 0 Å². The van der Waals surface area contributed by atoms with E-state index in [0.717, 1.165) is 23.6 Å². The molecule has 0 spiro atoms. The van der Waals surface area contributed by atoms with Crippen molar-refractivity contribution in [3.05, 3.63) is 48.2 Å². The molecule has 4 nitrogen and oxygen atoms in total. The molecule has 0 radical (unpaired) electrons. The Balaban J connectivity index is 2.03. The average Bonchev–Trinajstić information content (AvgIpc) is 2.81. The minimum Gasteiger partial charge on any atom is -0.485 e. The first kappa shape index (κ1) is 10.7. The minimum atomic E-state index is 0.438. The molecule has 2 heterocycles. The first-order valence-corrected chi connectivity index (χ1v) is 5.13. The number of aromatic nitrogens is 1. The number of nitrogens with one attached hydrogen (secondary N) is 1. The second kappa shape index (κ2) is 5.32. The Morgan fingerprint density at radius 3 is 3.12 bits per heavy atom. The van der Waals surface area contributed by atoms with E-state index in [1.54, 1.807) is 18.7 Å². The molecule has 84 valence electrons. The molecule has 16 heavy (non-hydrogen) atoms. The second-order valence-electron chi connectivity index (χ2n) is 3.38. The Labute approximate surface area is 94.3 Å². The number of nitrogens with zero attached hydrogens (tertiary/aromatic N) is 1. The van der Waals surface area contributed by atoms with Crippen molar-refractivity contribution in [1.29, 1.82) is 0 Å². The maximum Gasteiger partial charge on any atom is 0.146 e. The summed E-state index contributed by atoms with van der Waals surface area (Å²) in [5, 5.41) is 3.07. The Morgan fingerprint density at radius 1 is 1.44 bits per heavy atom. The zero-order valence-corrected chi connectivity index (χ0v) is 9.14. The summed E-state index contributed by atoms with van der Waals surface area (Å²) >= 11 is 0. The number of furan rings is 1. The largest absolute Gasteiger partial charge is 0.485 e. The van der Waals surface area contributed by atoms with Crippen LogP contribution in [0.1, 0.15) is 11.3 Å². The van der Waals surface area contributed by atoms with Crippen molar-refractivity contribution in [1.82, 2.24) is 10.3 Å². The van der Waals surface area contributed by atoms with Gasteiger partial charge in [-0.15, -0.1) is 0 Å². The van der Waals surface area contributed by atoms with Crippen LogP contribution < -0.4 is 10.1 Å². The topological polar surface area (TPSA) is 47.3 Å². The molecule has 0 saturated carbocycles. The summed E-state index contributed by atoms with van der Waals surface area (Å²) in [7, 11) is 1.89. The Bertz CT molecular complexity index is 426. The highest BCUT2D eigenvalue weighted by molar-refractivity contribution is 5.30. The Hall–Kier alpha value is -1.81. The lowest BCUT2D eigenvalue weighted by molar-refractivity contribution is 0.267. The zero-order chi connectivity index (χ0) is 11.2. The monoisotopic (exact) mass is 218 g/mol. The molecule has 2 rings (SSSR count). The highest BCUT2D eigenvalue weighted by atomic mass is 16.5. The SMILES string of the molecule is CNCc1cnccc1OCc1ccco1. The molecule has 0 atom stereocenters. The van der Waals surface area contributed by atoms with Gasteiger partial charge in [0.05, 0.1) is 6.26 Å². The van der Waals surface area contributed by atoms with Gasteiger partial charge in [0.15, 0.2) is 0 Å². The molecule has 0 amide bonds. The van der Waals surface area contributed by atoms with Gasteiger partial charge in [0.25, 0.3) is 0 Å². The van der Waals surface area contributed by atoms with Crippen LogP contribution in [0.3, 0.4) is 0 Å². The molecule has 0 fully saturated rings. The van der Waals surface area contributed by atoms with Gasteiger partial charge in [0.1, 0.15) is 18.1 Å². The molecular weight excluding hydrogens is 204 g/mol. The van der Waals surface area contributed by atoms with E-state index in [1.165, 1.54) is 0 Å². The van der Waals surface area contributed by atoms with Gasteiger partial charge in [-0.05, 0) is 25.2 Å². The van der Waals surface area contributed by atoms with Gasteiger partial charge in [0.2, 0.25) is 0 Å². The molecule has 4 heteroatoms. The molecule has 0 saturated heterocycles. The molecule has 0 unspecified atom stereocenters. The third-order valence-corrected chi connectivity index (χ3v) is 2.18. The fourth-order valence-corrected chi connectivity index (χ4v) is 1.42. The zero-order valence-electron chi connectivity index (χ0n) is 9.14. The molecule has 0 bridgehead atoms. The van der Waals surface area contributed by atoms with Crippen LogP contribution >= 0.6 is 0 Å². The third kappa shape index (κ3) is 2.61. The van der Waals surface area contributed by atoms with Crippen molar-refractivity contribution in [2.45, 2.75) is 13.2 Å². The Morgan fingerprint density at radius 2 is 2.38 bits per heavy atom. The fraction of sp³-hybridized carbons (Fsp3) is 0.250. The molecule has 2 aromatic rings. The summed E-state index contributed by atoms with van der Waals surface area (Å²) in [5.74, 6) is 1.65. The van der Waals surface area contributed by atoms with Crippen molar-refractivity contribution < 1.29 is 9.15 Å². The Kier molecular flexibility index (Phi) is 3.56. The highest BCUT2D eigenvalue weighted by Gasteiger charge is 2.03. The summed E-state index contributed by atoms with van der Waals surface area (Å²) in [6.45, 7) is 1.18. The van der Waals surface area contributed by atoms with Crippen molar-refractivity contribution in [3.8, 4) is 5.75 Å². The second-order valence-corrected chi connectivity index (χ2v) is 3.38. The van der Waals surface area contributed by atoms with Crippen LogP contribution in [0.15, 0.2) is 41.3 Å². The summed E-state index contributed by atoms with van der Waals surface area (Å²) < 4.78 is 10.9. The van der Waals surface area contributed by atoms with Crippen LogP contribution in [-0.4, -0.2) is 12.0 Å². The summed E-state index contributed by atoms with van der Waals surface area (Å²) in [5.41, 5.74) is 1.04. The molecule has 1 N–H and O–H groups in total. The van der Waals surface area contributed by atoms with E-state index in [9.17, 15) is 0 Å². The lowest BCUT2D eigenvalue weighted by Crippen LogP contribution is -2.07. The van der Waals surface area contributed by atoms with Gasteiger partial charge in [-0.25, -0.2) is 0 Å². The van der Waals surface area contributed by atoms with Gasteiger partial charge in [0, 0.05) is 24.5 Å². The molecule has 0 aromatic carbocycles. The predicted molar refractivity (Wildman–Crippen MR) is 60.0 cm³/mol. The number of hydrogen-bond acceptors (Lipinski definition) is 4. The average molecular weight is 218 g/mol. The predicted octanol–water partition coefficient (Wildman–Crippen LogP) is 1.97. The molecule has 2 aromatic heterocycles. The molecule has 0 aliphatic carbocycles. The maximum absolute atomic E-state index is 5.66. The van der Waals surface area contributed by atoms with E-state index in [1.807, 2.05) is 25.2 Å². The quantitative estimate of drug-likeness (QED) is 0.833. The van der Waals surface area contributed by atoms with E-state index in [4.69, 9.17) is 9.15 Å². The summed E-state index contributed by atoms with van der Waals surface area (Å²) in [6.07, 6.45) is 5.16. The summed E-state index contributed by atoms with van der Waals surface area (Å²) in [6, 6.07) is 5.59. The van der Waals surface area contributed by atoms with Gasteiger partial charge in [-0.2, -0.15) is 0 Å². The van der Waals surface area contributed by atoms with E-state index in [-0.39, 0.29) is 0 Å². The van der Waals surface area contributed by atoms with Crippen LogP contribution in [-0.2, 0) is 13.2 Å². The molecule has 0 aliphatic heterocycles. The fourth-order valence-electron chi connectivity index (χ4n) is 1.42. The first-order chi connectivity index (χ1) is 7.90. The van der Waals surface area contributed by atoms with E-state index in [2.05, 4.69) is 10.3 Å². The number of pyridine rings is 1. The standard InChI is InChI=1S/C12H14N2O2/c1-13-7-10-8-14-5-4-12(10)16-9-11-3-2-6-15-11/h2-6,8,13H,7,9H2,1H3. The normalized spacial score (nSPS) is 10.3. The van der Waals surface area contributed by atoms with Crippen molar-refractivity contribution in [2.24, 2.45) is 0 Å². The lowest BCUT2D eigenvalue weighted by atomic mass is 10.2.